The highest BCUT2D eigenvalue weighted by Gasteiger charge is 2.09. The summed E-state index contributed by atoms with van der Waals surface area (Å²) in [6.45, 7) is 4.41. The zero-order valence-electron chi connectivity index (χ0n) is 8.96. The van der Waals surface area contributed by atoms with Crippen LogP contribution in [0.1, 0.15) is 25.8 Å². The van der Waals surface area contributed by atoms with Gasteiger partial charge in [-0.25, -0.2) is 4.98 Å². The molecule has 0 aromatic carbocycles. The van der Waals surface area contributed by atoms with Gasteiger partial charge in [0.25, 0.3) is 0 Å². The fraction of sp³-hybridized carbons (Fsp3) is 0.455. The summed E-state index contributed by atoms with van der Waals surface area (Å²) in [4.78, 5) is 15.4. The Morgan fingerprint density at radius 1 is 1.60 bits per heavy atom. The molecule has 15 heavy (non-hydrogen) atoms. The van der Waals surface area contributed by atoms with E-state index in [1.54, 1.807) is 12.3 Å². The first kappa shape index (κ1) is 12.0. The smallest absolute Gasteiger partial charge is 0.223 e. The van der Waals surface area contributed by atoms with Crippen molar-refractivity contribution in [2.75, 3.05) is 0 Å². The maximum absolute atomic E-state index is 11.5. The molecule has 1 atom stereocenters. The lowest BCUT2D eigenvalue weighted by molar-refractivity contribution is -0.124. The predicted molar refractivity (Wildman–Crippen MR) is 60.5 cm³/mol. The third-order valence-electron chi connectivity index (χ3n) is 2.32. The van der Waals surface area contributed by atoms with Crippen LogP contribution < -0.4 is 5.32 Å². The zero-order valence-corrected chi connectivity index (χ0v) is 9.71. The van der Waals surface area contributed by atoms with E-state index in [1.807, 2.05) is 19.9 Å². The Kier molecular flexibility index (Phi) is 4.56. The van der Waals surface area contributed by atoms with Crippen molar-refractivity contribution in [3.8, 4) is 0 Å². The number of nitrogens with one attached hydrogen (secondary N) is 1. The van der Waals surface area contributed by atoms with Gasteiger partial charge in [0, 0.05) is 18.7 Å². The van der Waals surface area contributed by atoms with Crippen molar-refractivity contribution in [2.45, 2.75) is 26.8 Å². The Hall–Kier alpha value is -1.09. The van der Waals surface area contributed by atoms with Crippen molar-refractivity contribution in [1.82, 2.24) is 10.3 Å². The molecule has 1 amide bonds. The average Bonchev–Trinajstić information content (AvgIpc) is 2.26. The van der Waals surface area contributed by atoms with E-state index < -0.39 is 0 Å². The number of aromatic nitrogens is 1. The Labute approximate surface area is 94.9 Å². The number of carbonyl (C=O) groups is 1. The van der Waals surface area contributed by atoms with Gasteiger partial charge < -0.3 is 5.32 Å². The Balaban J connectivity index is 2.43. The van der Waals surface area contributed by atoms with Crippen LogP contribution in [0.25, 0.3) is 0 Å². The Morgan fingerprint density at radius 2 is 2.33 bits per heavy atom. The van der Waals surface area contributed by atoms with E-state index in [1.165, 1.54) is 0 Å². The topological polar surface area (TPSA) is 42.0 Å². The molecule has 3 nitrogen and oxygen atoms in total. The van der Waals surface area contributed by atoms with Crippen LogP contribution in [0, 0.1) is 5.92 Å². The molecular weight excluding hydrogens is 212 g/mol. The summed E-state index contributed by atoms with van der Waals surface area (Å²) in [5.41, 5.74) is 0.955. The third-order valence-corrected chi connectivity index (χ3v) is 2.54. The van der Waals surface area contributed by atoms with Gasteiger partial charge in [0.1, 0.15) is 5.15 Å². The van der Waals surface area contributed by atoms with Gasteiger partial charge in [-0.15, -0.1) is 0 Å². The fourth-order valence-corrected chi connectivity index (χ4v) is 1.17. The number of rotatable bonds is 4. The molecule has 0 saturated heterocycles. The SMILES string of the molecule is CCC(C)C(=O)NCc1ccc(Cl)nc1. The summed E-state index contributed by atoms with van der Waals surface area (Å²) in [5.74, 6) is 0.137. The molecule has 0 radical (unpaired) electrons. The molecule has 1 unspecified atom stereocenters. The minimum atomic E-state index is 0.0604. The first-order valence-corrected chi connectivity index (χ1v) is 5.39. The standard InChI is InChI=1S/C11H15ClN2O/c1-3-8(2)11(15)14-7-9-4-5-10(12)13-6-9/h4-6,8H,3,7H2,1-2H3,(H,14,15). The van der Waals surface area contributed by atoms with E-state index in [2.05, 4.69) is 10.3 Å². The molecule has 0 saturated carbocycles. The second kappa shape index (κ2) is 5.71. The zero-order chi connectivity index (χ0) is 11.3. The molecule has 82 valence electrons. The molecule has 1 rings (SSSR count). The summed E-state index contributed by atoms with van der Waals surface area (Å²) < 4.78 is 0. The van der Waals surface area contributed by atoms with E-state index in [-0.39, 0.29) is 11.8 Å². The number of hydrogen-bond donors (Lipinski definition) is 1. The van der Waals surface area contributed by atoms with Crippen molar-refractivity contribution in [2.24, 2.45) is 5.92 Å². The molecule has 0 bridgehead atoms. The highest BCUT2D eigenvalue weighted by atomic mass is 35.5. The Morgan fingerprint density at radius 3 is 2.87 bits per heavy atom. The molecule has 1 aromatic heterocycles. The van der Waals surface area contributed by atoms with Crippen LogP contribution in [0.4, 0.5) is 0 Å². The van der Waals surface area contributed by atoms with Crippen molar-refractivity contribution in [3.05, 3.63) is 29.0 Å². The van der Waals surface area contributed by atoms with Gasteiger partial charge in [0.15, 0.2) is 0 Å². The highest BCUT2D eigenvalue weighted by molar-refractivity contribution is 6.29. The largest absolute Gasteiger partial charge is 0.352 e. The fourth-order valence-electron chi connectivity index (χ4n) is 1.06. The lowest BCUT2D eigenvalue weighted by Crippen LogP contribution is -2.28. The molecule has 1 N–H and O–H groups in total. The number of pyridine rings is 1. The van der Waals surface area contributed by atoms with Crippen LogP contribution in [0.5, 0.6) is 0 Å². The molecule has 1 heterocycles. The normalized spacial score (nSPS) is 12.2. The van der Waals surface area contributed by atoms with Gasteiger partial charge in [0.2, 0.25) is 5.91 Å². The lowest BCUT2D eigenvalue weighted by Gasteiger charge is -2.09. The monoisotopic (exact) mass is 226 g/mol. The molecular formula is C11H15ClN2O. The maximum atomic E-state index is 11.5. The quantitative estimate of drug-likeness (QED) is 0.802. The van der Waals surface area contributed by atoms with Crippen molar-refractivity contribution in [3.63, 3.8) is 0 Å². The van der Waals surface area contributed by atoms with Crippen molar-refractivity contribution >= 4 is 17.5 Å². The van der Waals surface area contributed by atoms with Gasteiger partial charge in [-0.05, 0) is 18.1 Å². The molecule has 0 spiro atoms. The second-order valence-electron chi connectivity index (χ2n) is 3.52. The first-order chi connectivity index (χ1) is 7.13. The molecule has 0 aliphatic rings. The van der Waals surface area contributed by atoms with Crippen molar-refractivity contribution < 1.29 is 4.79 Å². The van der Waals surface area contributed by atoms with Crippen LogP contribution in [-0.2, 0) is 11.3 Å². The molecule has 0 aliphatic heterocycles. The molecule has 1 aromatic rings. The number of carbonyl (C=O) groups excluding carboxylic acids is 1. The van der Waals surface area contributed by atoms with Gasteiger partial charge >= 0.3 is 0 Å². The van der Waals surface area contributed by atoms with Crippen molar-refractivity contribution in [1.29, 1.82) is 0 Å². The van der Waals surface area contributed by atoms with Gasteiger partial charge in [-0.2, -0.15) is 0 Å². The summed E-state index contributed by atoms with van der Waals surface area (Å²) in [7, 11) is 0. The predicted octanol–water partition coefficient (Wildman–Crippen LogP) is 2.40. The van der Waals surface area contributed by atoms with E-state index >= 15 is 0 Å². The minimum Gasteiger partial charge on any atom is -0.352 e. The van der Waals surface area contributed by atoms with Gasteiger partial charge in [-0.1, -0.05) is 31.5 Å². The summed E-state index contributed by atoms with van der Waals surface area (Å²) in [6.07, 6.45) is 2.52. The maximum Gasteiger partial charge on any atom is 0.223 e. The van der Waals surface area contributed by atoms with Crippen LogP contribution in [0.3, 0.4) is 0 Å². The second-order valence-corrected chi connectivity index (χ2v) is 3.90. The summed E-state index contributed by atoms with van der Waals surface area (Å²) in [5, 5.41) is 3.31. The van der Waals surface area contributed by atoms with Crippen LogP contribution in [-0.4, -0.2) is 10.9 Å². The number of nitrogens with zero attached hydrogens (tertiary/aromatic N) is 1. The molecule has 0 fully saturated rings. The average molecular weight is 227 g/mol. The lowest BCUT2D eigenvalue weighted by atomic mass is 10.1. The van der Waals surface area contributed by atoms with Gasteiger partial charge in [-0.3, -0.25) is 4.79 Å². The molecule has 0 aliphatic carbocycles. The van der Waals surface area contributed by atoms with Gasteiger partial charge in [0.05, 0.1) is 0 Å². The van der Waals surface area contributed by atoms with Crippen LogP contribution in [0.2, 0.25) is 5.15 Å². The summed E-state index contributed by atoms with van der Waals surface area (Å²) >= 11 is 5.65. The van der Waals surface area contributed by atoms with Crippen LogP contribution in [0.15, 0.2) is 18.3 Å². The van der Waals surface area contributed by atoms with Crippen LogP contribution >= 0.6 is 11.6 Å². The van der Waals surface area contributed by atoms with E-state index in [4.69, 9.17) is 11.6 Å². The Bertz CT molecular complexity index is 324. The molecule has 4 heteroatoms. The van der Waals surface area contributed by atoms with E-state index in [0.29, 0.717) is 11.7 Å². The number of halogens is 1. The van der Waals surface area contributed by atoms with E-state index in [9.17, 15) is 4.79 Å². The number of hydrogen-bond acceptors (Lipinski definition) is 2. The third kappa shape index (κ3) is 3.88. The number of amides is 1. The highest BCUT2D eigenvalue weighted by Crippen LogP contribution is 2.05. The van der Waals surface area contributed by atoms with E-state index in [0.717, 1.165) is 12.0 Å². The first-order valence-electron chi connectivity index (χ1n) is 5.01. The summed E-state index contributed by atoms with van der Waals surface area (Å²) in [6, 6.07) is 3.57. The minimum absolute atomic E-state index is 0.0604.